The fourth-order valence-electron chi connectivity index (χ4n) is 3.71. The second-order valence-corrected chi connectivity index (χ2v) is 8.55. The second kappa shape index (κ2) is 10.5. The average molecular weight is 500 g/mol. The average Bonchev–Trinajstić information content (AvgIpc) is 3.02. The number of nitrogens with one attached hydrogen (secondary N) is 1. The Morgan fingerprint density at radius 2 is 1.72 bits per heavy atom. The molecule has 4 amide bonds. The van der Waals surface area contributed by atoms with Gasteiger partial charge in [-0.1, -0.05) is 40.2 Å². The first-order valence-electron chi connectivity index (χ1n) is 10.6. The van der Waals surface area contributed by atoms with Crippen molar-refractivity contribution in [2.45, 2.75) is 39.3 Å². The van der Waals surface area contributed by atoms with Crippen LogP contribution < -0.4 is 5.32 Å². The fourth-order valence-corrected chi connectivity index (χ4v) is 4.16. The van der Waals surface area contributed by atoms with Crippen LogP contribution in [0.1, 0.15) is 53.0 Å². The monoisotopic (exact) mass is 499 g/mol. The molecule has 8 heteroatoms. The number of halogens is 1. The van der Waals surface area contributed by atoms with Crippen LogP contribution in [0.3, 0.4) is 0 Å². The smallest absolute Gasteiger partial charge is 0.261 e. The molecule has 0 bridgehead atoms. The van der Waals surface area contributed by atoms with E-state index in [2.05, 4.69) is 21.2 Å². The summed E-state index contributed by atoms with van der Waals surface area (Å²) in [6, 6.07) is 13.6. The zero-order valence-electron chi connectivity index (χ0n) is 18.1. The summed E-state index contributed by atoms with van der Waals surface area (Å²) in [5, 5.41) is 2.76. The van der Waals surface area contributed by atoms with Crippen molar-refractivity contribution >= 4 is 39.6 Å². The van der Waals surface area contributed by atoms with Crippen LogP contribution in [0.2, 0.25) is 0 Å². The largest absolute Gasteiger partial charge is 0.355 e. The van der Waals surface area contributed by atoms with Gasteiger partial charge in [-0.05, 0) is 50.1 Å². The SMILES string of the molecule is CCNC(=O)C(C)N(Cc1cccc(Br)c1)C(=O)CCCN1C(=O)c2ccccc2C1=O. The van der Waals surface area contributed by atoms with Crippen LogP contribution >= 0.6 is 15.9 Å². The third kappa shape index (κ3) is 5.24. The predicted octanol–water partition coefficient (Wildman–Crippen LogP) is 3.38. The zero-order chi connectivity index (χ0) is 23.3. The molecule has 0 saturated heterocycles. The zero-order valence-corrected chi connectivity index (χ0v) is 19.7. The molecule has 2 aromatic carbocycles. The molecule has 0 spiro atoms. The minimum absolute atomic E-state index is 0.116. The van der Waals surface area contributed by atoms with Gasteiger partial charge < -0.3 is 10.2 Å². The molecule has 1 N–H and O–H groups in total. The summed E-state index contributed by atoms with van der Waals surface area (Å²) in [6.45, 7) is 4.43. The van der Waals surface area contributed by atoms with Gasteiger partial charge in [-0.2, -0.15) is 0 Å². The quantitative estimate of drug-likeness (QED) is 0.535. The molecular formula is C24H26BrN3O4. The molecule has 1 aliphatic rings. The van der Waals surface area contributed by atoms with Gasteiger partial charge in [0.05, 0.1) is 11.1 Å². The van der Waals surface area contributed by atoms with Crippen molar-refractivity contribution < 1.29 is 19.2 Å². The molecule has 2 aromatic rings. The van der Waals surface area contributed by atoms with Crippen LogP contribution in [-0.2, 0) is 16.1 Å². The summed E-state index contributed by atoms with van der Waals surface area (Å²) in [4.78, 5) is 53.3. The molecule has 0 radical (unpaired) electrons. The number of hydrogen-bond donors (Lipinski definition) is 1. The molecule has 0 saturated carbocycles. The number of benzene rings is 2. The third-order valence-corrected chi connectivity index (χ3v) is 5.90. The Hall–Kier alpha value is -3.00. The summed E-state index contributed by atoms with van der Waals surface area (Å²) in [5.74, 6) is -1.10. The van der Waals surface area contributed by atoms with Gasteiger partial charge in [0, 0.05) is 30.5 Å². The maximum atomic E-state index is 13.1. The molecule has 1 atom stereocenters. The first-order chi connectivity index (χ1) is 15.3. The second-order valence-electron chi connectivity index (χ2n) is 7.63. The number of rotatable bonds is 9. The molecule has 3 rings (SSSR count). The van der Waals surface area contributed by atoms with E-state index in [0.29, 0.717) is 24.1 Å². The van der Waals surface area contributed by atoms with Crippen LogP contribution in [0.15, 0.2) is 53.0 Å². The van der Waals surface area contributed by atoms with E-state index in [1.165, 1.54) is 9.80 Å². The van der Waals surface area contributed by atoms with Crippen molar-refractivity contribution in [3.8, 4) is 0 Å². The normalized spacial score (nSPS) is 13.7. The lowest BCUT2D eigenvalue weighted by molar-refractivity contribution is -0.140. The lowest BCUT2D eigenvalue weighted by Gasteiger charge is -2.29. The van der Waals surface area contributed by atoms with Crippen molar-refractivity contribution in [1.29, 1.82) is 0 Å². The molecule has 32 heavy (non-hydrogen) atoms. The van der Waals surface area contributed by atoms with Gasteiger partial charge >= 0.3 is 0 Å². The van der Waals surface area contributed by atoms with E-state index in [0.717, 1.165) is 10.0 Å². The van der Waals surface area contributed by atoms with E-state index in [9.17, 15) is 19.2 Å². The first kappa shape index (κ1) is 23.7. The molecule has 1 aliphatic heterocycles. The third-order valence-electron chi connectivity index (χ3n) is 5.41. The number of fused-ring (bicyclic) bond motifs is 1. The lowest BCUT2D eigenvalue weighted by atomic mass is 10.1. The summed E-state index contributed by atoms with van der Waals surface area (Å²) in [6.07, 6.45) is 0.437. The predicted molar refractivity (Wildman–Crippen MR) is 124 cm³/mol. The lowest BCUT2D eigenvalue weighted by Crippen LogP contribution is -2.47. The van der Waals surface area contributed by atoms with Gasteiger partial charge in [0.25, 0.3) is 11.8 Å². The highest BCUT2D eigenvalue weighted by Gasteiger charge is 2.35. The minimum Gasteiger partial charge on any atom is -0.355 e. The van der Waals surface area contributed by atoms with Gasteiger partial charge in [0.2, 0.25) is 11.8 Å². The highest BCUT2D eigenvalue weighted by Crippen LogP contribution is 2.23. The number of nitrogens with zero attached hydrogens (tertiary/aromatic N) is 2. The van der Waals surface area contributed by atoms with Gasteiger partial charge in [-0.3, -0.25) is 24.1 Å². The molecule has 7 nitrogen and oxygen atoms in total. The Morgan fingerprint density at radius 1 is 1.06 bits per heavy atom. The van der Waals surface area contributed by atoms with Crippen LogP contribution in [-0.4, -0.2) is 52.6 Å². The molecule has 1 heterocycles. The summed E-state index contributed by atoms with van der Waals surface area (Å²) >= 11 is 3.43. The summed E-state index contributed by atoms with van der Waals surface area (Å²) in [5.41, 5.74) is 1.68. The standard InChI is InChI=1S/C24H26BrN3O4/c1-3-26-22(30)16(2)28(15-17-8-6-9-18(25)14-17)21(29)12-7-13-27-23(31)19-10-4-5-11-20(19)24(27)32/h4-6,8-11,14,16H,3,7,12-13,15H2,1-2H3,(H,26,30). The Morgan fingerprint density at radius 3 is 2.31 bits per heavy atom. The van der Waals surface area contributed by atoms with E-state index >= 15 is 0 Å². The highest BCUT2D eigenvalue weighted by molar-refractivity contribution is 9.10. The van der Waals surface area contributed by atoms with Crippen LogP contribution in [0, 0.1) is 0 Å². The van der Waals surface area contributed by atoms with Crippen molar-refractivity contribution in [2.75, 3.05) is 13.1 Å². The molecule has 0 aliphatic carbocycles. The van der Waals surface area contributed by atoms with Gasteiger partial charge in [-0.25, -0.2) is 0 Å². The Kier molecular flexibility index (Phi) is 7.80. The number of carbonyl (C=O) groups excluding carboxylic acids is 4. The number of amides is 4. The van der Waals surface area contributed by atoms with Crippen molar-refractivity contribution in [3.05, 3.63) is 69.7 Å². The van der Waals surface area contributed by atoms with Gasteiger partial charge in [0.1, 0.15) is 6.04 Å². The van der Waals surface area contributed by atoms with Crippen LogP contribution in [0.4, 0.5) is 0 Å². The molecule has 0 fully saturated rings. The molecule has 0 aromatic heterocycles. The van der Waals surface area contributed by atoms with Gasteiger partial charge in [0.15, 0.2) is 0 Å². The first-order valence-corrected chi connectivity index (χ1v) is 11.4. The van der Waals surface area contributed by atoms with Crippen molar-refractivity contribution in [2.24, 2.45) is 0 Å². The van der Waals surface area contributed by atoms with Crippen molar-refractivity contribution in [1.82, 2.24) is 15.1 Å². The van der Waals surface area contributed by atoms with Crippen molar-refractivity contribution in [3.63, 3.8) is 0 Å². The van der Waals surface area contributed by atoms with E-state index in [4.69, 9.17) is 0 Å². The van der Waals surface area contributed by atoms with E-state index in [1.54, 1.807) is 31.2 Å². The Balaban J connectivity index is 1.66. The Labute approximate surface area is 195 Å². The summed E-state index contributed by atoms with van der Waals surface area (Å²) < 4.78 is 0.888. The summed E-state index contributed by atoms with van der Waals surface area (Å²) in [7, 11) is 0. The van der Waals surface area contributed by atoms with E-state index < -0.39 is 6.04 Å². The molecular weight excluding hydrogens is 474 g/mol. The van der Waals surface area contributed by atoms with Crippen LogP contribution in [0.5, 0.6) is 0 Å². The molecule has 168 valence electrons. The Bertz CT molecular complexity index is 1000. The minimum atomic E-state index is -0.652. The number of imide groups is 1. The maximum Gasteiger partial charge on any atom is 0.261 e. The highest BCUT2D eigenvalue weighted by atomic mass is 79.9. The topological polar surface area (TPSA) is 86.8 Å². The van der Waals surface area contributed by atoms with Gasteiger partial charge in [-0.15, -0.1) is 0 Å². The molecule has 1 unspecified atom stereocenters. The number of hydrogen-bond acceptors (Lipinski definition) is 4. The van der Waals surface area contributed by atoms with E-state index in [1.807, 2.05) is 31.2 Å². The fraction of sp³-hybridized carbons (Fsp3) is 0.333. The number of likely N-dealkylation sites (N-methyl/N-ethyl adjacent to an activating group) is 1. The maximum absolute atomic E-state index is 13.1. The number of carbonyl (C=O) groups is 4. The van der Waals surface area contributed by atoms with Crippen LogP contribution in [0.25, 0.3) is 0 Å². The van der Waals surface area contributed by atoms with E-state index in [-0.39, 0.29) is 43.1 Å².